The summed E-state index contributed by atoms with van der Waals surface area (Å²) in [6.07, 6.45) is -6.36. The topological polar surface area (TPSA) is 179 Å². The molecule has 4 atom stereocenters. The minimum atomic E-state index is -4.69. The van der Waals surface area contributed by atoms with Crippen molar-refractivity contribution in [3.8, 4) is 0 Å². The number of esters is 1. The molecule has 11 nitrogen and oxygen atoms in total. The number of hydrogen-bond acceptors (Lipinski definition) is 11. The van der Waals surface area contributed by atoms with Gasteiger partial charge >= 0.3 is 12.1 Å². The summed E-state index contributed by atoms with van der Waals surface area (Å²) >= 11 is 0. The molecule has 0 aromatic heterocycles. The molecule has 1 aromatic carbocycles. The van der Waals surface area contributed by atoms with E-state index >= 15 is 0 Å². The summed E-state index contributed by atoms with van der Waals surface area (Å²) in [5.41, 5.74) is 8.46. The molecule has 0 bridgehead atoms. The molecule has 14 heteroatoms. The number of guanidine groups is 2. The van der Waals surface area contributed by atoms with Gasteiger partial charge in [0.2, 0.25) is 5.79 Å². The molecule has 0 radical (unpaired) electrons. The second kappa shape index (κ2) is 6.95. The van der Waals surface area contributed by atoms with Gasteiger partial charge in [0.1, 0.15) is 12.1 Å². The molecule has 0 aliphatic carbocycles. The van der Waals surface area contributed by atoms with E-state index in [0.29, 0.717) is 6.07 Å². The number of nitrogens with zero attached hydrogens (tertiary/aromatic N) is 3. The second-order valence-corrected chi connectivity index (χ2v) is 7.90. The largest absolute Gasteiger partial charge is 0.451 e. The van der Waals surface area contributed by atoms with Gasteiger partial charge in [0.25, 0.3) is 0 Å². The highest BCUT2D eigenvalue weighted by atomic mass is 19.4. The van der Waals surface area contributed by atoms with Crippen molar-refractivity contribution >= 4 is 17.9 Å². The van der Waals surface area contributed by atoms with Gasteiger partial charge in [-0.15, -0.1) is 0 Å². The van der Waals surface area contributed by atoms with Crippen molar-refractivity contribution in [2.45, 2.75) is 42.7 Å². The SMILES string of the molecule is Cc1cc(C(=O)O[C@H]2CN3C(N)=N[C@@H](CO)[C@@H]4N=C(N)N[C@@]43C2(O)O)cc(C(F)(F)F)c1. The molecule has 8 N–H and O–H groups in total. The van der Waals surface area contributed by atoms with Gasteiger partial charge in [0.05, 0.1) is 24.3 Å². The molecule has 32 heavy (non-hydrogen) atoms. The summed E-state index contributed by atoms with van der Waals surface area (Å²) in [6.45, 7) is 0.461. The van der Waals surface area contributed by atoms with Gasteiger partial charge in [-0.1, -0.05) is 0 Å². The highest BCUT2D eigenvalue weighted by Crippen LogP contribution is 2.45. The number of halogens is 3. The zero-order valence-corrected chi connectivity index (χ0v) is 16.7. The first-order chi connectivity index (χ1) is 14.8. The van der Waals surface area contributed by atoms with Crippen LogP contribution < -0.4 is 16.8 Å². The molecule has 0 unspecified atom stereocenters. The lowest BCUT2D eigenvalue weighted by Crippen LogP contribution is -2.77. The van der Waals surface area contributed by atoms with Gasteiger partial charge in [0.15, 0.2) is 23.7 Å². The average Bonchev–Trinajstić information content (AvgIpc) is 3.15. The van der Waals surface area contributed by atoms with Crippen LogP contribution in [0.3, 0.4) is 0 Å². The predicted octanol–water partition coefficient (Wildman–Crippen LogP) is -1.79. The van der Waals surface area contributed by atoms with Crippen LogP contribution in [0.4, 0.5) is 13.2 Å². The van der Waals surface area contributed by atoms with Crippen molar-refractivity contribution in [2.75, 3.05) is 13.2 Å². The molecule has 3 aliphatic rings. The fourth-order valence-electron chi connectivity index (χ4n) is 4.43. The van der Waals surface area contributed by atoms with Gasteiger partial charge in [0, 0.05) is 0 Å². The minimum Gasteiger partial charge on any atom is -0.451 e. The van der Waals surface area contributed by atoms with Crippen molar-refractivity contribution < 1.29 is 38.0 Å². The highest BCUT2D eigenvalue weighted by Gasteiger charge is 2.74. The first-order valence-corrected chi connectivity index (χ1v) is 9.49. The molecule has 1 spiro atoms. The summed E-state index contributed by atoms with van der Waals surface area (Å²) in [4.78, 5) is 22.0. The zero-order valence-electron chi connectivity index (χ0n) is 16.7. The lowest BCUT2D eigenvalue weighted by Gasteiger charge is -2.48. The van der Waals surface area contributed by atoms with Crippen molar-refractivity contribution in [1.82, 2.24) is 10.2 Å². The molecule has 1 saturated heterocycles. The van der Waals surface area contributed by atoms with Crippen LogP contribution in [0, 0.1) is 6.92 Å². The maximum absolute atomic E-state index is 13.1. The summed E-state index contributed by atoms with van der Waals surface area (Å²) in [7, 11) is 0. The number of aliphatic hydroxyl groups excluding tert-OH is 1. The van der Waals surface area contributed by atoms with Crippen molar-refractivity contribution in [2.24, 2.45) is 21.5 Å². The van der Waals surface area contributed by atoms with Crippen molar-refractivity contribution in [3.05, 3.63) is 34.9 Å². The number of hydrogen-bond donors (Lipinski definition) is 6. The fraction of sp³-hybridized carbons (Fsp3) is 0.500. The molecule has 174 valence electrons. The van der Waals surface area contributed by atoms with Crippen LogP contribution in [0.25, 0.3) is 0 Å². The Morgan fingerprint density at radius 2 is 2.00 bits per heavy atom. The average molecular weight is 458 g/mol. The monoisotopic (exact) mass is 458 g/mol. The van der Waals surface area contributed by atoms with Crippen LogP contribution >= 0.6 is 0 Å². The number of nitrogens with one attached hydrogen (secondary N) is 1. The number of carbonyl (C=O) groups is 1. The van der Waals surface area contributed by atoms with Crippen molar-refractivity contribution in [3.63, 3.8) is 0 Å². The van der Waals surface area contributed by atoms with Gasteiger partial charge in [-0.2, -0.15) is 13.2 Å². The molecule has 4 rings (SSSR count). The standard InChI is InChI=1S/C18H21F3N6O5/c1-7-2-8(4-9(3-7)18(19,20)21)13(29)32-11-5-27-15(23)24-10(6-28)12-16(27,17(11,30)31)26-14(22)25-12/h2-4,10-12,28,30-31H,5-6H2,1H3,(H2,23,24)(H3,22,25,26)/t10-,11-,12-,16-/m0/s1. The zero-order chi connectivity index (χ0) is 23.6. The van der Waals surface area contributed by atoms with Gasteiger partial charge in [-0.3, -0.25) is 0 Å². The number of alkyl halides is 3. The number of ether oxygens (including phenoxy) is 1. The number of aliphatic hydroxyl groups is 3. The number of benzene rings is 1. The van der Waals surface area contributed by atoms with E-state index in [1.807, 2.05) is 0 Å². The third kappa shape index (κ3) is 3.05. The van der Waals surface area contributed by atoms with Gasteiger partial charge in [-0.05, 0) is 30.7 Å². The predicted molar refractivity (Wildman–Crippen MR) is 103 cm³/mol. The Hall–Kier alpha value is -3.10. The third-order valence-electron chi connectivity index (χ3n) is 5.82. The number of aliphatic imine (C=N–C) groups is 2. The number of carbonyl (C=O) groups excluding carboxylic acids is 1. The Bertz CT molecular complexity index is 1030. The lowest BCUT2D eigenvalue weighted by atomic mass is 9.86. The Labute approximate surface area is 179 Å². The maximum atomic E-state index is 13.1. The van der Waals surface area contributed by atoms with E-state index in [1.54, 1.807) is 0 Å². The van der Waals surface area contributed by atoms with Gasteiger partial charge in [-0.25, -0.2) is 14.8 Å². The first-order valence-electron chi connectivity index (χ1n) is 9.49. The van der Waals surface area contributed by atoms with E-state index < -0.39 is 59.5 Å². The molecular weight excluding hydrogens is 437 g/mol. The Kier molecular flexibility index (Phi) is 4.80. The van der Waals surface area contributed by atoms with Crippen LogP contribution in [-0.2, 0) is 10.9 Å². The summed E-state index contributed by atoms with van der Waals surface area (Å²) in [6, 6.07) is 0.590. The molecular formula is C18H21F3N6O5. The lowest BCUT2D eigenvalue weighted by molar-refractivity contribution is -0.257. The van der Waals surface area contributed by atoms with Crippen LogP contribution in [-0.4, -0.2) is 80.9 Å². The maximum Gasteiger partial charge on any atom is 0.416 e. The third-order valence-corrected chi connectivity index (χ3v) is 5.82. The molecule has 0 amide bonds. The van der Waals surface area contributed by atoms with E-state index in [2.05, 4.69) is 15.3 Å². The summed E-state index contributed by atoms with van der Waals surface area (Å²) < 4.78 is 44.6. The molecule has 1 fully saturated rings. The fourth-order valence-corrected chi connectivity index (χ4v) is 4.43. The Balaban J connectivity index is 1.67. The van der Waals surface area contributed by atoms with E-state index in [1.165, 1.54) is 17.9 Å². The van der Waals surface area contributed by atoms with E-state index in [-0.39, 0.29) is 24.0 Å². The van der Waals surface area contributed by atoms with E-state index in [9.17, 15) is 33.3 Å². The van der Waals surface area contributed by atoms with E-state index in [4.69, 9.17) is 16.2 Å². The minimum absolute atomic E-state index is 0.161. The second-order valence-electron chi connectivity index (χ2n) is 7.90. The number of rotatable bonds is 3. The Morgan fingerprint density at radius 3 is 2.62 bits per heavy atom. The number of nitrogens with two attached hydrogens (primary N) is 2. The molecule has 0 saturated carbocycles. The van der Waals surface area contributed by atoms with Crippen LogP contribution in [0.15, 0.2) is 28.2 Å². The Morgan fingerprint density at radius 1 is 1.31 bits per heavy atom. The quantitative estimate of drug-likeness (QED) is 0.225. The van der Waals surface area contributed by atoms with Crippen LogP contribution in [0.2, 0.25) is 0 Å². The highest BCUT2D eigenvalue weighted by molar-refractivity contribution is 5.91. The molecule has 3 heterocycles. The van der Waals surface area contributed by atoms with Gasteiger partial charge < -0.3 is 41.7 Å². The van der Waals surface area contributed by atoms with Crippen molar-refractivity contribution in [1.29, 1.82) is 0 Å². The molecule has 3 aliphatic heterocycles. The number of aryl methyl sites for hydroxylation is 1. The normalized spacial score (nSPS) is 30.7. The molecule has 1 aromatic rings. The van der Waals surface area contributed by atoms with E-state index in [0.717, 1.165) is 6.07 Å². The smallest absolute Gasteiger partial charge is 0.416 e. The summed E-state index contributed by atoms with van der Waals surface area (Å²) in [5, 5.41) is 34.4. The van der Waals surface area contributed by atoms with Crippen LogP contribution in [0.5, 0.6) is 0 Å². The summed E-state index contributed by atoms with van der Waals surface area (Å²) in [5.74, 6) is -4.44. The van der Waals surface area contributed by atoms with Crippen LogP contribution in [0.1, 0.15) is 21.5 Å². The first kappa shape index (κ1) is 22.1.